The molecule has 5 heterocycles. The summed E-state index contributed by atoms with van der Waals surface area (Å²) >= 11 is 1.49. The monoisotopic (exact) mass is 504 g/mol. The maximum absolute atomic E-state index is 15.3. The second-order valence-corrected chi connectivity index (χ2v) is 10.6. The van der Waals surface area contributed by atoms with E-state index in [1.165, 1.54) is 11.3 Å². The molecule has 0 bridgehead atoms. The van der Waals surface area contributed by atoms with Gasteiger partial charge in [0.1, 0.15) is 6.17 Å². The van der Waals surface area contributed by atoms with E-state index in [-0.39, 0.29) is 23.6 Å². The molecule has 1 fully saturated rings. The maximum atomic E-state index is 15.3. The number of hydrogen-bond donors (Lipinski definition) is 3. The summed E-state index contributed by atoms with van der Waals surface area (Å²) in [6, 6.07) is 9.25. The molecule has 4 N–H and O–H groups in total. The number of hydrogen-bond acceptors (Lipinski definition) is 7. The number of aromatic nitrogens is 3. The van der Waals surface area contributed by atoms with Gasteiger partial charge in [-0.25, -0.2) is 14.4 Å². The number of amides is 2. The van der Waals surface area contributed by atoms with E-state index in [1.807, 2.05) is 49.6 Å². The van der Waals surface area contributed by atoms with Crippen LogP contribution in [0.4, 0.5) is 10.3 Å². The van der Waals surface area contributed by atoms with Crippen molar-refractivity contribution < 1.29 is 14.0 Å². The number of aromatic amines is 1. The zero-order valence-corrected chi connectivity index (χ0v) is 20.7. The lowest BCUT2D eigenvalue weighted by Gasteiger charge is -2.44. The molecule has 0 saturated carbocycles. The zero-order valence-electron chi connectivity index (χ0n) is 19.8. The van der Waals surface area contributed by atoms with Crippen molar-refractivity contribution in [1.82, 2.24) is 20.3 Å². The highest BCUT2D eigenvalue weighted by molar-refractivity contribution is 7.17. The predicted octanol–water partition coefficient (Wildman–Crippen LogP) is 3.64. The van der Waals surface area contributed by atoms with Crippen molar-refractivity contribution in [2.24, 2.45) is 11.7 Å². The number of piperidine rings is 1. The molecule has 3 aromatic heterocycles. The minimum Gasteiger partial charge on any atom is -0.360 e. The lowest BCUT2D eigenvalue weighted by molar-refractivity contribution is -0.122. The van der Waals surface area contributed by atoms with E-state index in [4.69, 9.17) is 15.7 Å². The van der Waals surface area contributed by atoms with Gasteiger partial charge < -0.3 is 15.6 Å². The highest BCUT2D eigenvalue weighted by Gasteiger charge is 2.44. The average Bonchev–Trinajstić information content (AvgIpc) is 3.54. The van der Waals surface area contributed by atoms with Gasteiger partial charge in [0.15, 0.2) is 0 Å². The summed E-state index contributed by atoms with van der Waals surface area (Å²) in [5, 5.41) is 5.01. The zero-order chi connectivity index (χ0) is 25.2. The van der Waals surface area contributed by atoms with Crippen LogP contribution < -0.4 is 16.0 Å². The maximum Gasteiger partial charge on any atom is 0.261 e. The first kappa shape index (κ1) is 22.8. The Balaban J connectivity index is 1.53. The number of nitrogens with zero attached hydrogens (tertiary/aromatic N) is 3. The molecule has 36 heavy (non-hydrogen) atoms. The number of alkyl halides is 1. The fourth-order valence-electron chi connectivity index (χ4n) is 5.14. The van der Waals surface area contributed by atoms with E-state index in [0.29, 0.717) is 41.1 Å². The van der Waals surface area contributed by atoms with Crippen LogP contribution in [0.2, 0.25) is 0 Å². The number of nitrogens with two attached hydrogens (primary N) is 1. The predicted molar refractivity (Wildman–Crippen MR) is 139 cm³/mol. The number of benzene rings is 1. The van der Waals surface area contributed by atoms with Crippen molar-refractivity contribution in [2.75, 3.05) is 18.0 Å². The average molecular weight is 505 g/mol. The third-order valence-corrected chi connectivity index (χ3v) is 8.39. The second kappa shape index (κ2) is 8.21. The Morgan fingerprint density at radius 3 is 2.72 bits per heavy atom. The molecule has 4 aromatic rings. The summed E-state index contributed by atoms with van der Waals surface area (Å²) in [6.45, 7) is 4.40. The van der Waals surface area contributed by atoms with Crippen LogP contribution in [0.15, 0.2) is 41.9 Å². The smallest absolute Gasteiger partial charge is 0.261 e. The molecule has 0 spiro atoms. The molecule has 0 aliphatic carbocycles. The van der Waals surface area contributed by atoms with E-state index < -0.39 is 23.5 Å². The molecule has 1 saturated heterocycles. The largest absolute Gasteiger partial charge is 0.360 e. The van der Waals surface area contributed by atoms with Crippen molar-refractivity contribution in [3.05, 3.63) is 53.2 Å². The number of H-pyrrole nitrogens is 1. The van der Waals surface area contributed by atoms with Crippen molar-refractivity contribution in [1.29, 1.82) is 0 Å². The number of thiophene rings is 1. The Bertz CT molecular complexity index is 1570. The molecule has 184 valence electrons. The molecule has 2 atom stereocenters. The standard InChI is InChI=1S/C26H25FN6O2S/c1-13(2)26(28)8-9-33(12-18(26)27)25-30-16-6-4-3-5-14(16)21(31-25)20-19(23(34)32-24(20)35)15-11-29-17-7-10-36-22(15)17/h3-7,10-11,13,18,29H,8-9,12,28H2,1-2H3,(H,32,34,35). The van der Waals surface area contributed by atoms with Gasteiger partial charge in [-0.3, -0.25) is 14.9 Å². The highest BCUT2D eigenvalue weighted by atomic mass is 32.1. The Morgan fingerprint density at radius 2 is 1.94 bits per heavy atom. The number of carbonyl (C=O) groups excluding carboxylic acids is 2. The van der Waals surface area contributed by atoms with Gasteiger partial charge >= 0.3 is 0 Å². The summed E-state index contributed by atoms with van der Waals surface area (Å²) < 4.78 is 16.2. The number of nitrogens with one attached hydrogen (secondary N) is 2. The SMILES string of the molecule is CC(C)C1(N)CCN(c2nc(C3=C(c4c[nH]c5ccsc45)C(=O)NC3=O)c3ccccc3n2)CC1F. The highest BCUT2D eigenvalue weighted by Crippen LogP contribution is 2.39. The minimum atomic E-state index is -1.26. The summed E-state index contributed by atoms with van der Waals surface area (Å²) in [6.07, 6.45) is 0.927. The van der Waals surface area contributed by atoms with Gasteiger partial charge in [-0.1, -0.05) is 32.0 Å². The van der Waals surface area contributed by atoms with Gasteiger partial charge in [0, 0.05) is 23.7 Å². The van der Waals surface area contributed by atoms with Gasteiger partial charge in [0.05, 0.1) is 44.7 Å². The minimum absolute atomic E-state index is 0.0147. The molecule has 2 aliphatic heterocycles. The number of carbonyl (C=O) groups is 2. The number of imide groups is 1. The number of anilines is 1. The molecule has 6 rings (SSSR count). The molecular weight excluding hydrogens is 479 g/mol. The molecule has 0 radical (unpaired) electrons. The summed E-state index contributed by atoms with van der Waals surface area (Å²) in [5.41, 5.74) is 8.45. The number of halogens is 1. The van der Waals surface area contributed by atoms with Crippen molar-refractivity contribution in [3.63, 3.8) is 0 Å². The van der Waals surface area contributed by atoms with Crippen LogP contribution in [0.25, 0.3) is 32.3 Å². The van der Waals surface area contributed by atoms with Crippen molar-refractivity contribution in [3.8, 4) is 0 Å². The third kappa shape index (κ3) is 3.35. The quantitative estimate of drug-likeness (QED) is 0.366. The van der Waals surface area contributed by atoms with E-state index in [2.05, 4.69) is 10.3 Å². The number of fused-ring (bicyclic) bond motifs is 2. The third-order valence-electron chi connectivity index (χ3n) is 7.45. The van der Waals surface area contributed by atoms with E-state index in [0.717, 1.165) is 10.2 Å². The molecule has 2 amide bonds. The Kier molecular flexibility index (Phi) is 5.20. The summed E-state index contributed by atoms with van der Waals surface area (Å²) in [7, 11) is 0. The normalized spacial score (nSPS) is 22.9. The first-order valence-corrected chi connectivity index (χ1v) is 12.8. The van der Waals surface area contributed by atoms with Crippen LogP contribution in [0.3, 0.4) is 0 Å². The van der Waals surface area contributed by atoms with Gasteiger partial charge in [-0.2, -0.15) is 0 Å². The van der Waals surface area contributed by atoms with Gasteiger partial charge in [0.25, 0.3) is 11.8 Å². The molecule has 2 aliphatic rings. The molecular formula is C26H25FN6O2S. The van der Waals surface area contributed by atoms with Crippen LogP contribution in [0.5, 0.6) is 0 Å². The Labute approximate surface area is 210 Å². The van der Waals surface area contributed by atoms with Crippen LogP contribution in [0.1, 0.15) is 31.5 Å². The van der Waals surface area contributed by atoms with E-state index in [9.17, 15) is 9.59 Å². The molecule has 10 heteroatoms. The Hall–Kier alpha value is -3.63. The lowest BCUT2D eigenvalue weighted by atomic mass is 9.78. The lowest BCUT2D eigenvalue weighted by Crippen LogP contribution is -2.62. The van der Waals surface area contributed by atoms with E-state index >= 15 is 4.39 Å². The Morgan fingerprint density at radius 1 is 1.17 bits per heavy atom. The fourth-order valence-corrected chi connectivity index (χ4v) is 6.02. The van der Waals surface area contributed by atoms with Crippen LogP contribution >= 0.6 is 11.3 Å². The van der Waals surface area contributed by atoms with Gasteiger partial charge in [-0.15, -0.1) is 11.3 Å². The van der Waals surface area contributed by atoms with Crippen molar-refractivity contribution >= 4 is 61.4 Å². The first-order chi connectivity index (χ1) is 17.3. The summed E-state index contributed by atoms with van der Waals surface area (Å²) in [5.74, 6) is -0.690. The fraction of sp³-hybridized carbons (Fsp3) is 0.308. The first-order valence-electron chi connectivity index (χ1n) is 11.9. The van der Waals surface area contributed by atoms with Gasteiger partial charge in [-0.05, 0) is 29.9 Å². The number of rotatable bonds is 4. The number of para-hydroxylation sites is 1. The summed E-state index contributed by atoms with van der Waals surface area (Å²) in [4.78, 5) is 40.6. The van der Waals surface area contributed by atoms with E-state index in [1.54, 1.807) is 11.1 Å². The molecule has 1 aromatic carbocycles. The topological polar surface area (TPSA) is 117 Å². The molecule has 8 nitrogen and oxygen atoms in total. The van der Waals surface area contributed by atoms with Crippen LogP contribution in [0, 0.1) is 5.92 Å². The van der Waals surface area contributed by atoms with Crippen LogP contribution in [-0.2, 0) is 9.59 Å². The van der Waals surface area contributed by atoms with Crippen LogP contribution in [-0.4, -0.2) is 51.6 Å². The van der Waals surface area contributed by atoms with Gasteiger partial charge in [0.2, 0.25) is 5.95 Å². The van der Waals surface area contributed by atoms with Crippen molar-refractivity contribution in [2.45, 2.75) is 32.0 Å². The second-order valence-electron chi connectivity index (χ2n) is 9.72. The molecule has 2 unspecified atom stereocenters.